The topological polar surface area (TPSA) is 67.6 Å². The summed E-state index contributed by atoms with van der Waals surface area (Å²) in [6.45, 7) is 10.4. The first-order chi connectivity index (χ1) is 7.88. The Kier molecular flexibility index (Phi) is 4.91. The van der Waals surface area contributed by atoms with Gasteiger partial charge in [0.25, 0.3) is 0 Å². The zero-order valence-electron chi connectivity index (χ0n) is 11.3. The molecule has 0 aromatic carbocycles. The largest absolute Gasteiger partial charge is 0.378 e. The van der Waals surface area contributed by atoms with Crippen LogP contribution in [-0.2, 0) is 9.53 Å². The van der Waals surface area contributed by atoms with Gasteiger partial charge in [-0.25, -0.2) is 0 Å². The minimum absolute atomic E-state index is 0.0289. The molecule has 1 unspecified atom stereocenters. The van der Waals surface area contributed by atoms with Gasteiger partial charge in [-0.3, -0.25) is 9.69 Å². The Morgan fingerprint density at radius 1 is 1.59 bits per heavy atom. The molecule has 1 aliphatic rings. The summed E-state index contributed by atoms with van der Waals surface area (Å²) in [5.41, 5.74) is 5.61. The van der Waals surface area contributed by atoms with Gasteiger partial charge in [-0.15, -0.1) is 0 Å². The third-order valence-corrected chi connectivity index (χ3v) is 3.14. The van der Waals surface area contributed by atoms with Crippen LogP contribution in [-0.4, -0.2) is 54.7 Å². The van der Waals surface area contributed by atoms with Gasteiger partial charge in [0.1, 0.15) is 6.04 Å². The van der Waals surface area contributed by atoms with Crippen LogP contribution in [0.2, 0.25) is 0 Å². The lowest BCUT2D eigenvalue weighted by Gasteiger charge is -2.44. The van der Waals surface area contributed by atoms with E-state index >= 15 is 0 Å². The van der Waals surface area contributed by atoms with Gasteiger partial charge >= 0.3 is 0 Å². The van der Waals surface area contributed by atoms with Crippen molar-refractivity contribution in [3.63, 3.8) is 0 Å². The van der Waals surface area contributed by atoms with Crippen molar-refractivity contribution in [3.8, 4) is 0 Å². The molecule has 1 aliphatic heterocycles. The van der Waals surface area contributed by atoms with E-state index in [2.05, 4.69) is 24.1 Å². The van der Waals surface area contributed by atoms with Crippen molar-refractivity contribution < 1.29 is 9.53 Å². The van der Waals surface area contributed by atoms with Gasteiger partial charge in [-0.05, 0) is 27.7 Å². The van der Waals surface area contributed by atoms with Gasteiger partial charge in [0.2, 0.25) is 5.91 Å². The van der Waals surface area contributed by atoms with Crippen molar-refractivity contribution >= 4 is 5.91 Å². The quantitative estimate of drug-likeness (QED) is 0.726. The molecule has 0 aromatic rings. The van der Waals surface area contributed by atoms with E-state index in [4.69, 9.17) is 10.5 Å². The number of hydrogen-bond donors (Lipinski definition) is 2. The second-order valence-electron chi connectivity index (χ2n) is 5.46. The highest BCUT2D eigenvalue weighted by molar-refractivity contribution is 5.82. The number of amides is 1. The number of carbonyl (C=O) groups excluding carboxylic acids is 1. The second kappa shape index (κ2) is 5.80. The van der Waals surface area contributed by atoms with E-state index in [1.165, 1.54) is 0 Å². The van der Waals surface area contributed by atoms with E-state index in [9.17, 15) is 4.79 Å². The molecule has 1 fully saturated rings. The molecule has 1 saturated heterocycles. The number of nitrogens with one attached hydrogen (secondary N) is 1. The maximum Gasteiger partial charge on any atom is 0.239 e. The van der Waals surface area contributed by atoms with Crippen LogP contribution >= 0.6 is 0 Å². The van der Waals surface area contributed by atoms with Gasteiger partial charge in [-0.1, -0.05) is 0 Å². The lowest BCUT2D eigenvalue weighted by atomic mass is 9.99. The summed E-state index contributed by atoms with van der Waals surface area (Å²) in [6.07, 6.45) is 0. The van der Waals surface area contributed by atoms with E-state index in [0.717, 1.165) is 6.54 Å². The van der Waals surface area contributed by atoms with Crippen LogP contribution in [0.25, 0.3) is 0 Å². The number of ether oxygens (including phenoxy) is 1. The van der Waals surface area contributed by atoms with Crippen LogP contribution in [0.5, 0.6) is 0 Å². The van der Waals surface area contributed by atoms with Crippen molar-refractivity contribution in [1.29, 1.82) is 0 Å². The predicted octanol–water partition coefficient (Wildman–Crippen LogP) is -0.0509. The number of carbonyl (C=O) groups is 1. The summed E-state index contributed by atoms with van der Waals surface area (Å²) in [7, 11) is 0. The molecule has 0 spiro atoms. The Morgan fingerprint density at radius 3 is 2.76 bits per heavy atom. The number of nitrogens with two attached hydrogens (primary N) is 1. The Bertz CT molecular complexity index is 266. The van der Waals surface area contributed by atoms with Crippen LogP contribution < -0.4 is 11.1 Å². The van der Waals surface area contributed by atoms with Crippen LogP contribution in [0.3, 0.4) is 0 Å². The average Bonchev–Trinajstić information content (AvgIpc) is 2.28. The van der Waals surface area contributed by atoms with Crippen molar-refractivity contribution in [2.45, 2.75) is 45.3 Å². The van der Waals surface area contributed by atoms with Gasteiger partial charge < -0.3 is 15.8 Å². The smallest absolute Gasteiger partial charge is 0.239 e. The first-order valence-corrected chi connectivity index (χ1v) is 6.23. The monoisotopic (exact) mass is 243 g/mol. The predicted molar refractivity (Wildman–Crippen MR) is 67.7 cm³/mol. The lowest BCUT2D eigenvalue weighted by Crippen LogP contribution is -2.63. The zero-order valence-corrected chi connectivity index (χ0v) is 11.3. The normalized spacial score (nSPS) is 22.8. The Labute approximate surface area is 104 Å². The maximum atomic E-state index is 12.1. The number of morpholine rings is 1. The molecule has 5 heteroatoms. The highest BCUT2D eigenvalue weighted by Crippen LogP contribution is 2.19. The van der Waals surface area contributed by atoms with E-state index in [1.54, 1.807) is 0 Å². The molecule has 1 heterocycles. The maximum absolute atomic E-state index is 12.1. The summed E-state index contributed by atoms with van der Waals surface area (Å²) in [6, 6.07) is -0.0861. The van der Waals surface area contributed by atoms with Crippen molar-refractivity contribution in [1.82, 2.24) is 10.2 Å². The molecule has 100 valence electrons. The number of rotatable bonds is 4. The molecule has 1 rings (SSSR count). The van der Waals surface area contributed by atoms with E-state index in [1.807, 2.05) is 13.8 Å². The Hall–Kier alpha value is -0.650. The molecular formula is C12H25N3O2. The van der Waals surface area contributed by atoms with Crippen LogP contribution in [0.4, 0.5) is 0 Å². The summed E-state index contributed by atoms with van der Waals surface area (Å²) >= 11 is 0. The Balaban J connectivity index is 2.75. The first-order valence-electron chi connectivity index (χ1n) is 6.23. The summed E-state index contributed by atoms with van der Waals surface area (Å²) < 4.78 is 5.41. The highest BCUT2D eigenvalue weighted by atomic mass is 16.5. The minimum atomic E-state index is -0.232. The lowest BCUT2D eigenvalue weighted by molar-refractivity contribution is -0.138. The van der Waals surface area contributed by atoms with Gasteiger partial charge in [0, 0.05) is 24.7 Å². The van der Waals surface area contributed by atoms with Crippen molar-refractivity contribution in [2.75, 3.05) is 26.3 Å². The van der Waals surface area contributed by atoms with E-state index < -0.39 is 0 Å². The molecular weight excluding hydrogens is 218 g/mol. The molecule has 5 nitrogen and oxygen atoms in total. The molecule has 3 N–H and O–H groups in total. The fraction of sp³-hybridized carbons (Fsp3) is 0.917. The highest BCUT2D eigenvalue weighted by Gasteiger charge is 2.37. The average molecular weight is 243 g/mol. The van der Waals surface area contributed by atoms with Gasteiger partial charge in [0.05, 0.1) is 13.2 Å². The molecule has 1 atom stereocenters. The van der Waals surface area contributed by atoms with Crippen LogP contribution in [0, 0.1) is 0 Å². The van der Waals surface area contributed by atoms with Gasteiger partial charge in [-0.2, -0.15) is 0 Å². The van der Waals surface area contributed by atoms with E-state index in [0.29, 0.717) is 19.8 Å². The molecule has 0 radical (unpaired) electrons. The molecule has 0 aliphatic carbocycles. The fourth-order valence-corrected chi connectivity index (χ4v) is 2.04. The summed E-state index contributed by atoms with van der Waals surface area (Å²) in [4.78, 5) is 14.3. The van der Waals surface area contributed by atoms with Crippen LogP contribution in [0.1, 0.15) is 27.7 Å². The second-order valence-corrected chi connectivity index (χ2v) is 5.46. The van der Waals surface area contributed by atoms with E-state index in [-0.39, 0.29) is 23.5 Å². The van der Waals surface area contributed by atoms with Crippen molar-refractivity contribution in [3.05, 3.63) is 0 Å². The molecule has 0 saturated carbocycles. The molecule has 0 aromatic heterocycles. The number of hydrogen-bond acceptors (Lipinski definition) is 4. The third kappa shape index (κ3) is 3.66. The summed E-state index contributed by atoms with van der Waals surface area (Å²) in [5.74, 6) is 0.0289. The fourth-order valence-electron chi connectivity index (χ4n) is 2.04. The summed E-state index contributed by atoms with van der Waals surface area (Å²) in [5, 5.41) is 2.94. The SMILES string of the molecule is CC(C)NC(=O)C1COCCN1C(C)(C)CN. The number of nitrogens with zero attached hydrogens (tertiary/aromatic N) is 1. The zero-order chi connectivity index (χ0) is 13.1. The third-order valence-electron chi connectivity index (χ3n) is 3.14. The Morgan fingerprint density at radius 2 is 2.24 bits per heavy atom. The van der Waals surface area contributed by atoms with Crippen LogP contribution in [0.15, 0.2) is 0 Å². The molecule has 0 bridgehead atoms. The van der Waals surface area contributed by atoms with Crippen molar-refractivity contribution in [2.24, 2.45) is 5.73 Å². The van der Waals surface area contributed by atoms with Gasteiger partial charge in [0.15, 0.2) is 0 Å². The molecule has 17 heavy (non-hydrogen) atoms. The first kappa shape index (κ1) is 14.4. The standard InChI is InChI=1S/C12H25N3O2/c1-9(2)14-11(16)10-7-17-6-5-15(10)12(3,4)8-13/h9-10H,5-8,13H2,1-4H3,(H,14,16). The minimum Gasteiger partial charge on any atom is -0.378 e. The molecule has 1 amide bonds.